The Hall–Kier alpha value is -1.40. The zero-order valence-corrected chi connectivity index (χ0v) is 11.7. The monoisotopic (exact) mass is 298 g/mol. The second-order valence-corrected chi connectivity index (χ2v) is 5.47. The molecule has 2 aromatic rings. The van der Waals surface area contributed by atoms with Gasteiger partial charge in [-0.05, 0) is 17.2 Å². The molecule has 0 aliphatic carbocycles. The van der Waals surface area contributed by atoms with Crippen LogP contribution in [0.3, 0.4) is 0 Å². The van der Waals surface area contributed by atoms with Crippen LogP contribution in [0.4, 0.5) is 0 Å². The average Bonchev–Trinajstić information content (AvgIpc) is 2.38. The molecule has 0 heterocycles. The molecule has 0 aromatic heterocycles. The van der Waals surface area contributed by atoms with Crippen LogP contribution in [0, 0.1) is 0 Å². The molecule has 2 rings (SSSR count). The highest BCUT2D eigenvalue weighted by Crippen LogP contribution is 2.26. The Balaban J connectivity index is 0.00000180. The summed E-state index contributed by atoms with van der Waals surface area (Å²) in [6, 6.07) is 14.1. The van der Waals surface area contributed by atoms with E-state index in [4.69, 9.17) is 10.9 Å². The van der Waals surface area contributed by atoms with Crippen LogP contribution in [0.5, 0.6) is 0 Å². The molecule has 0 spiro atoms. The number of rotatable bonds is 3. The smallest absolute Gasteiger partial charge is 0.238 e. The molecule has 0 bridgehead atoms. The SMILES string of the molecule is Cl.NCc1ccc(-c2ccccc2S(N)(=O)=O)cc1. The first-order valence-corrected chi connectivity index (χ1v) is 6.98. The Labute approximate surface area is 118 Å². The predicted molar refractivity (Wildman–Crippen MR) is 78.4 cm³/mol. The maximum absolute atomic E-state index is 11.5. The van der Waals surface area contributed by atoms with Crippen molar-refractivity contribution in [2.24, 2.45) is 10.9 Å². The molecule has 4 nitrogen and oxygen atoms in total. The van der Waals surface area contributed by atoms with E-state index in [1.807, 2.05) is 24.3 Å². The zero-order valence-electron chi connectivity index (χ0n) is 10.1. The number of benzene rings is 2. The average molecular weight is 299 g/mol. The lowest BCUT2D eigenvalue weighted by Gasteiger charge is -2.08. The minimum atomic E-state index is -3.72. The molecule has 4 N–H and O–H groups in total. The maximum Gasteiger partial charge on any atom is 0.238 e. The van der Waals surface area contributed by atoms with E-state index in [0.717, 1.165) is 11.1 Å². The molecule has 0 saturated carbocycles. The van der Waals surface area contributed by atoms with Crippen LogP contribution in [0.1, 0.15) is 5.56 Å². The summed E-state index contributed by atoms with van der Waals surface area (Å²) in [6.45, 7) is 0.455. The number of primary sulfonamides is 1. The summed E-state index contributed by atoms with van der Waals surface area (Å²) >= 11 is 0. The van der Waals surface area contributed by atoms with Gasteiger partial charge in [-0.25, -0.2) is 13.6 Å². The highest BCUT2D eigenvalue weighted by atomic mass is 35.5. The number of sulfonamides is 1. The molecular formula is C13H15ClN2O2S. The highest BCUT2D eigenvalue weighted by Gasteiger charge is 2.13. The summed E-state index contributed by atoms with van der Waals surface area (Å²) in [7, 11) is -3.72. The third-order valence-corrected chi connectivity index (χ3v) is 3.66. The third kappa shape index (κ3) is 3.54. The van der Waals surface area contributed by atoms with E-state index >= 15 is 0 Å². The quantitative estimate of drug-likeness (QED) is 0.907. The molecule has 0 saturated heterocycles. The van der Waals surface area contributed by atoms with E-state index in [1.165, 1.54) is 6.07 Å². The zero-order chi connectivity index (χ0) is 13.2. The molecule has 19 heavy (non-hydrogen) atoms. The lowest BCUT2D eigenvalue weighted by molar-refractivity contribution is 0.598. The maximum atomic E-state index is 11.5. The Morgan fingerprint density at radius 2 is 1.53 bits per heavy atom. The standard InChI is InChI=1S/C13H14N2O2S.ClH/c14-9-10-5-7-11(8-6-10)12-3-1-2-4-13(12)18(15,16)17;/h1-8H,9,14H2,(H2,15,16,17);1H. The fourth-order valence-corrected chi connectivity index (χ4v) is 2.53. The number of halogens is 1. The summed E-state index contributed by atoms with van der Waals surface area (Å²) < 4.78 is 23.0. The molecule has 0 aliphatic heterocycles. The van der Waals surface area contributed by atoms with E-state index < -0.39 is 10.0 Å². The summed E-state index contributed by atoms with van der Waals surface area (Å²) in [5.74, 6) is 0. The van der Waals surface area contributed by atoms with Crippen LogP contribution in [-0.4, -0.2) is 8.42 Å². The van der Waals surface area contributed by atoms with Gasteiger partial charge < -0.3 is 5.73 Å². The van der Waals surface area contributed by atoms with Gasteiger partial charge in [0.2, 0.25) is 10.0 Å². The van der Waals surface area contributed by atoms with Gasteiger partial charge in [0.15, 0.2) is 0 Å². The number of hydrogen-bond acceptors (Lipinski definition) is 3. The van der Waals surface area contributed by atoms with Crippen molar-refractivity contribution < 1.29 is 8.42 Å². The van der Waals surface area contributed by atoms with E-state index in [0.29, 0.717) is 12.1 Å². The van der Waals surface area contributed by atoms with Crippen molar-refractivity contribution in [2.45, 2.75) is 11.4 Å². The summed E-state index contributed by atoms with van der Waals surface area (Å²) in [6.07, 6.45) is 0. The van der Waals surface area contributed by atoms with Crippen LogP contribution in [-0.2, 0) is 16.6 Å². The normalized spacial score (nSPS) is 10.8. The first kappa shape index (κ1) is 15.7. The van der Waals surface area contributed by atoms with Crippen LogP contribution in [0.15, 0.2) is 53.4 Å². The first-order valence-electron chi connectivity index (χ1n) is 5.43. The minimum absolute atomic E-state index is 0. The van der Waals surface area contributed by atoms with E-state index in [2.05, 4.69) is 0 Å². The fourth-order valence-electron chi connectivity index (χ4n) is 1.77. The molecule has 2 aromatic carbocycles. The lowest BCUT2D eigenvalue weighted by atomic mass is 10.0. The fraction of sp³-hybridized carbons (Fsp3) is 0.0769. The Kier molecular flexibility index (Phi) is 5.08. The highest BCUT2D eigenvalue weighted by molar-refractivity contribution is 7.89. The van der Waals surface area contributed by atoms with Gasteiger partial charge in [-0.15, -0.1) is 12.4 Å². The molecule has 0 atom stereocenters. The van der Waals surface area contributed by atoms with Crippen molar-refractivity contribution >= 4 is 22.4 Å². The van der Waals surface area contributed by atoms with Crippen LogP contribution in [0.2, 0.25) is 0 Å². The van der Waals surface area contributed by atoms with Crippen molar-refractivity contribution in [3.8, 4) is 11.1 Å². The van der Waals surface area contributed by atoms with E-state index in [1.54, 1.807) is 18.2 Å². The molecule has 0 fully saturated rings. The summed E-state index contributed by atoms with van der Waals surface area (Å²) in [4.78, 5) is 0.130. The van der Waals surface area contributed by atoms with E-state index in [-0.39, 0.29) is 17.3 Å². The largest absolute Gasteiger partial charge is 0.326 e. The van der Waals surface area contributed by atoms with Gasteiger partial charge in [-0.1, -0.05) is 42.5 Å². The Morgan fingerprint density at radius 3 is 2.05 bits per heavy atom. The third-order valence-electron chi connectivity index (χ3n) is 2.69. The van der Waals surface area contributed by atoms with Gasteiger partial charge in [-0.2, -0.15) is 0 Å². The molecule has 102 valence electrons. The van der Waals surface area contributed by atoms with Crippen molar-refractivity contribution in [3.05, 3.63) is 54.1 Å². The topological polar surface area (TPSA) is 86.2 Å². The molecular weight excluding hydrogens is 284 g/mol. The molecule has 6 heteroatoms. The van der Waals surface area contributed by atoms with Gasteiger partial charge in [0.05, 0.1) is 4.90 Å². The lowest BCUT2D eigenvalue weighted by Crippen LogP contribution is -2.13. The number of nitrogens with two attached hydrogens (primary N) is 2. The van der Waals surface area contributed by atoms with Crippen molar-refractivity contribution in [1.82, 2.24) is 0 Å². The second kappa shape index (κ2) is 6.16. The van der Waals surface area contributed by atoms with Crippen LogP contribution in [0.25, 0.3) is 11.1 Å². The Bertz CT molecular complexity index is 655. The van der Waals surface area contributed by atoms with Crippen molar-refractivity contribution in [1.29, 1.82) is 0 Å². The van der Waals surface area contributed by atoms with Gasteiger partial charge in [0.1, 0.15) is 0 Å². The summed E-state index contributed by atoms with van der Waals surface area (Å²) in [5.41, 5.74) is 7.92. The predicted octanol–water partition coefficient (Wildman–Crippen LogP) is 1.88. The summed E-state index contributed by atoms with van der Waals surface area (Å²) in [5, 5.41) is 5.20. The first-order chi connectivity index (χ1) is 8.52. The Morgan fingerprint density at radius 1 is 0.947 bits per heavy atom. The molecule has 0 aliphatic rings. The van der Waals surface area contributed by atoms with Gasteiger partial charge >= 0.3 is 0 Å². The van der Waals surface area contributed by atoms with Gasteiger partial charge in [0.25, 0.3) is 0 Å². The van der Waals surface area contributed by atoms with Crippen molar-refractivity contribution in [3.63, 3.8) is 0 Å². The second-order valence-electron chi connectivity index (χ2n) is 3.94. The van der Waals surface area contributed by atoms with E-state index in [9.17, 15) is 8.42 Å². The minimum Gasteiger partial charge on any atom is -0.326 e. The molecule has 0 radical (unpaired) electrons. The number of hydrogen-bond donors (Lipinski definition) is 2. The molecule has 0 amide bonds. The molecule has 0 unspecified atom stereocenters. The van der Waals surface area contributed by atoms with Crippen LogP contribution < -0.4 is 10.9 Å². The van der Waals surface area contributed by atoms with Crippen LogP contribution >= 0.6 is 12.4 Å². The van der Waals surface area contributed by atoms with Crippen molar-refractivity contribution in [2.75, 3.05) is 0 Å². The van der Waals surface area contributed by atoms with Gasteiger partial charge in [0, 0.05) is 12.1 Å². The van der Waals surface area contributed by atoms with Gasteiger partial charge in [-0.3, -0.25) is 0 Å².